The molecule has 3 heterocycles. The average Bonchev–Trinajstić information content (AvgIpc) is 3.27. The van der Waals surface area contributed by atoms with Crippen molar-refractivity contribution >= 4 is 22.8 Å². The molecular weight excluding hydrogens is 304 g/mol. The largest absolute Gasteiger partial charge is 0.356 e. The maximum absolute atomic E-state index is 11.9. The summed E-state index contributed by atoms with van der Waals surface area (Å²) in [5.74, 6) is 2.00. The van der Waals surface area contributed by atoms with Crippen LogP contribution in [0.3, 0.4) is 0 Å². The number of aromatic nitrogens is 3. The van der Waals surface area contributed by atoms with Gasteiger partial charge in [-0.15, -0.1) is 0 Å². The zero-order valence-corrected chi connectivity index (χ0v) is 13.6. The second-order valence-corrected chi connectivity index (χ2v) is 6.83. The fourth-order valence-corrected chi connectivity index (χ4v) is 4.28. The Hall–Kier alpha value is -2.62. The van der Waals surface area contributed by atoms with Gasteiger partial charge in [-0.3, -0.25) is 4.79 Å². The fraction of sp³-hybridized carbons (Fsp3) is 0.529. The number of aromatic amines is 1. The van der Waals surface area contributed by atoms with E-state index in [0.29, 0.717) is 17.9 Å². The second kappa shape index (κ2) is 5.78. The number of carbonyl (C=O) groups is 1. The van der Waals surface area contributed by atoms with Crippen LogP contribution in [0.5, 0.6) is 0 Å². The summed E-state index contributed by atoms with van der Waals surface area (Å²) in [5.41, 5.74) is 0.860. The van der Waals surface area contributed by atoms with Gasteiger partial charge in [0.15, 0.2) is 0 Å². The molecule has 1 amide bonds. The Morgan fingerprint density at radius 3 is 2.88 bits per heavy atom. The van der Waals surface area contributed by atoms with Gasteiger partial charge in [-0.05, 0) is 30.7 Å². The van der Waals surface area contributed by atoms with Crippen molar-refractivity contribution < 1.29 is 4.79 Å². The normalized spacial score (nSPS) is 25.7. The fourth-order valence-electron chi connectivity index (χ4n) is 4.28. The Kier molecular flexibility index (Phi) is 3.60. The predicted molar refractivity (Wildman–Crippen MR) is 89.1 cm³/mol. The molecule has 2 aromatic heterocycles. The van der Waals surface area contributed by atoms with Gasteiger partial charge in [0, 0.05) is 32.4 Å². The van der Waals surface area contributed by atoms with Crippen LogP contribution in [-0.2, 0) is 4.79 Å². The minimum Gasteiger partial charge on any atom is -0.356 e. The van der Waals surface area contributed by atoms with Gasteiger partial charge in [0.1, 0.15) is 24.2 Å². The van der Waals surface area contributed by atoms with Gasteiger partial charge in [0.2, 0.25) is 5.91 Å². The number of anilines is 1. The molecule has 7 nitrogen and oxygen atoms in total. The molecule has 1 aliphatic heterocycles. The zero-order chi connectivity index (χ0) is 16.7. The minimum absolute atomic E-state index is 0.00478. The SMILES string of the molecule is CN(c1ncnc2[nH]ccc12)[C@@H]1C[C@@H]2CN(C(=O)CC#N)C[C@@H]2C1. The van der Waals surface area contributed by atoms with Crippen molar-refractivity contribution in [2.24, 2.45) is 11.8 Å². The molecule has 0 radical (unpaired) electrons. The number of fused-ring (bicyclic) bond motifs is 2. The summed E-state index contributed by atoms with van der Waals surface area (Å²) >= 11 is 0. The Morgan fingerprint density at radius 1 is 1.42 bits per heavy atom. The first-order valence-corrected chi connectivity index (χ1v) is 8.33. The summed E-state index contributed by atoms with van der Waals surface area (Å²) in [6.07, 6.45) is 5.61. The molecule has 0 unspecified atom stereocenters. The quantitative estimate of drug-likeness (QED) is 0.925. The number of H-pyrrole nitrogens is 1. The molecule has 1 aliphatic carbocycles. The van der Waals surface area contributed by atoms with Crippen LogP contribution < -0.4 is 4.90 Å². The van der Waals surface area contributed by atoms with Crippen LogP contribution in [0.4, 0.5) is 5.82 Å². The molecule has 124 valence electrons. The van der Waals surface area contributed by atoms with Gasteiger partial charge >= 0.3 is 0 Å². The lowest BCUT2D eigenvalue weighted by Gasteiger charge is -2.27. The van der Waals surface area contributed by atoms with Crippen molar-refractivity contribution in [3.63, 3.8) is 0 Å². The van der Waals surface area contributed by atoms with Crippen molar-refractivity contribution in [2.75, 3.05) is 25.0 Å². The molecule has 0 aromatic carbocycles. The standard InChI is InChI=1S/C17H20N6O/c1-22(17-14-3-5-19-16(14)20-10-21-17)13-6-11-8-23(9-12(11)7-13)15(24)2-4-18/h3,5,10-13H,2,6-9H2,1H3,(H,19,20,21)/t11-,12+,13-. The van der Waals surface area contributed by atoms with Gasteiger partial charge in [-0.1, -0.05) is 0 Å². The summed E-state index contributed by atoms with van der Waals surface area (Å²) in [4.78, 5) is 27.9. The van der Waals surface area contributed by atoms with E-state index in [0.717, 1.165) is 42.8 Å². The van der Waals surface area contributed by atoms with Gasteiger partial charge in [-0.25, -0.2) is 9.97 Å². The average molecular weight is 324 g/mol. The summed E-state index contributed by atoms with van der Waals surface area (Å²) in [7, 11) is 2.10. The third-order valence-electron chi connectivity index (χ3n) is 5.52. The summed E-state index contributed by atoms with van der Waals surface area (Å²) in [5, 5.41) is 9.74. The number of hydrogen-bond donors (Lipinski definition) is 1. The number of nitrogens with zero attached hydrogens (tertiary/aromatic N) is 5. The summed E-state index contributed by atoms with van der Waals surface area (Å²) in [6, 6.07) is 4.40. The van der Waals surface area contributed by atoms with Crippen LogP contribution in [-0.4, -0.2) is 51.9 Å². The molecule has 1 saturated heterocycles. The second-order valence-electron chi connectivity index (χ2n) is 6.83. The van der Waals surface area contributed by atoms with E-state index in [1.807, 2.05) is 23.2 Å². The number of likely N-dealkylation sites (tertiary alicyclic amines) is 1. The number of carbonyl (C=O) groups excluding carboxylic acids is 1. The van der Waals surface area contributed by atoms with Crippen LogP contribution in [0.25, 0.3) is 11.0 Å². The van der Waals surface area contributed by atoms with Crippen molar-refractivity contribution in [1.82, 2.24) is 19.9 Å². The molecule has 1 saturated carbocycles. The molecule has 2 aliphatic rings. The highest BCUT2D eigenvalue weighted by molar-refractivity contribution is 5.87. The molecule has 2 fully saturated rings. The van der Waals surface area contributed by atoms with Crippen molar-refractivity contribution in [3.8, 4) is 6.07 Å². The van der Waals surface area contributed by atoms with E-state index >= 15 is 0 Å². The van der Waals surface area contributed by atoms with E-state index in [9.17, 15) is 4.79 Å². The molecule has 3 atom stereocenters. The van der Waals surface area contributed by atoms with E-state index in [4.69, 9.17) is 5.26 Å². The smallest absolute Gasteiger partial charge is 0.236 e. The van der Waals surface area contributed by atoms with E-state index in [1.165, 1.54) is 0 Å². The molecule has 0 bridgehead atoms. The highest BCUT2D eigenvalue weighted by Gasteiger charge is 2.43. The van der Waals surface area contributed by atoms with Crippen molar-refractivity contribution in [1.29, 1.82) is 5.26 Å². The molecular formula is C17H20N6O. The molecule has 4 rings (SSSR count). The summed E-state index contributed by atoms with van der Waals surface area (Å²) < 4.78 is 0. The molecule has 2 aromatic rings. The van der Waals surface area contributed by atoms with E-state index < -0.39 is 0 Å². The van der Waals surface area contributed by atoms with Crippen LogP contribution in [0, 0.1) is 23.2 Å². The van der Waals surface area contributed by atoms with Gasteiger partial charge in [-0.2, -0.15) is 5.26 Å². The van der Waals surface area contributed by atoms with Crippen LogP contribution in [0.1, 0.15) is 19.3 Å². The van der Waals surface area contributed by atoms with E-state index in [2.05, 4.69) is 26.9 Å². The first-order valence-electron chi connectivity index (χ1n) is 8.33. The molecule has 1 N–H and O–H groups in total. The van der Waals surface area contributed by atoms with Gasteiger partial charge < -0.3 is 14.8 Å². The number of nitrogens with one attached hydrogen (secondary N) is 1. The predicted octanol–water partition coefficient (Wildman–Crippen LogP) is 1.54. The number of rotatable bonds is 3. The van der Waals surface area contributed by atoms with Crippen LogP contribution in [0.2, 0.25) is 0 Å². The van der Waals surface area contributed by atoms with Crippen molar-refractivity contribution in [2.45, 2.75) is 25.3 Å². The van der Waals surface area contributed by atoms with Crippen LogP contribution >= 0.6 is 0 Å². The lowest BCUT2D eigenvalue weighted by atomic mass is 10.0. The van der Waals surface area contributed by atoms with Crippen LogP contribution in [0.15, 0.2) is 18.6 Å². The monoisotopic (exact) mass is 324 g/mol. The third-order valence-corrected chi connectivity index (χ3v) is 5.52. The highest BCUT2D eigenvalue weighted by Crippen LogP contribution is 2.41. The summed E-state index contributed by atoms with van der Waals surface area (Å²) in [6.45, 7) is 1.58. The first kappa shape index (κ1) is 14.9. The van der Waals surface area contributed by atoms with Gasteiger partial charge in [0.25, 0.3) is 0 Å². The Balaban J connectivity index is 1.46. The van der Waals surface area contributed by atoms with Gasteiger partial charge in [0.05, 0.1) is 11.5 Å². The molecule has 0 spiro atoms. The topological polar surface area (TPSA) is 88.9 Å². The zero-order valence-electron chi connectivity index (χ0n) is 13.6. The lowest BCUT2D eigenvalue weighted by molar-refractivity contribution is -0.129. The number of nitriles is 1. The Bertz CT molecular complexity index is 795. The molecule has 24 heavy (non-hydrogen) atoms. The van der Waals surface area contributed by atoms with Crippen molar-refractivity contribution in [3.05, 3.63) is 18.6 Å². The minimum atomic E-state index is -0.0263. The number of hydrogen-bond acceptors (Lipinski definition) is 5. The maximum atomic E-state index is 11.9. The molecule has 7 heteroatoms. The van der Waals surface area contributed by atoms with E-state index in [1.54, 1.807) is 6.33 Å². The lowest BCUT2D eigenvalue weighted by Crippen LogP contribution is -2.34. The highest BCUT2D eigenvalue weighted by atomic mass is 16.2. The third kappa shape index (κ3) is 2.39. The Labute approximate surface area is 140 Å². The van der Waals surface area contributed by atoms with E-state index in [-0.39, 0.29) is 12.3 Å². The Morgan fingerprint density at radius 2 is 2.17 bits per heavy atom. The number of amides is 1. The first-order chi connectivity index (χ1) is 11.7. The maximum Gasteiger partial charge on any atom is 0.236 e.